The first-order chi connectivity index (χ1) is 11.6. The molecule has 1 aromatic carbocycles. The normalized spacial score (nSPS) is 11.9. The molecule has 6 heteroatoms. The first-order valence-corrected chi connectivity index (χ1v) is 7.41. The number of esters is 1. The second-order valence-corrected chi connectivity index (χ2v) is 4.99. The van der Waals surface area contributed by atoms with Crippen molar-refractivity contribution in [3.63, 3.8) is 0 Å². The Kier molecular flexibility index (Phi) is 6.19. The molecule has 1 aromatic heterocycles. The molecule has 24 heavy (non-hydrogen) atoms. The SMILES string of the molecule is COc1cccc(/C=C/C(=O)O[C@@H](C)C(=O)NCc2ccco2)c1. The molecule has 0 aliphatic carbocycles. The van der Waals surface area contributed by atoms with Crippen LogP contribution in [0.5, 0.6) is 5.75 Å². The van der Waals surface area contributed by atoms with Crippen LogP contribution in [0.2, 0.25) is 0 Å². The lowest BCUT2D eigenvalue weighted by Crippen LogP contribution is -2.35. The highest BCUT2D eigenvalue weighted by molar-refractivity contribution is 5.90. The van der Waals surface area contributed by atoms with E-state index in [0.29, 0.717) is 11.5 Å². The van der Waals surface area contributed by atoms with Crippen LogP contribution in [0.4, 0.5) is 0 Å². The van der Waals surface area contributed by atoms with E-state index < -0.39 is 18.0 Å². The van der Waals surface area contributed by atoms with E-state index in [-0.39, 0.29) is 6.54 Å². The molecule has 1 N–H and O–H groups in total. The number of benzene rings is 1. The molecule has 0 bridgehead atoms. The lowest BCUT2D eigenvalue weighted by atomic mass is 10.2. The van der Waals surface area contributed by atoms with E-state index in [0.717, 1.165) is 5.56 Å². The standard InChI is InChI=1S/C18H19NO5/c1-13(18(21)19-12-16-7-4-10-23-16)24-17(20)9-8-14-5-3-6-15(11-14)22-2/h3-11,13H,12H2,1-2H3,(H,19,21)/b9-8+/t13-/m0/s1. The van der Waals surface area contributed by atoms with Crippen LogP contribution in [0.3, 0.4) is 0 Å². The first-order valence-electron chi connectivity index (χ1n) is 7.41. The molecule has 2 rings (SSSR count). The van der Waals surface area contributed by atoms with Crippen molar-refractivity contribution < 1.29 is 23.5 Å². The summed E-state index contributed by atoms with van der Waals surface area (Å²) in [7, 11) is 1.57. The van der Waals surface area contributed by atoms with Crippen LogP contribution in [-0.4, -0.2) is 25.1 Å². The molecular weight excluding hydrogens is 310 g/mol. The van der Waals surface area contributed by atoms with Gasteiger partial charge in [0.1, 0.15) is 11.5 Å². The van der Waals surface area contributed by atoms with Crippen LogP contribution in [0.1, 0.15) is 18.2 Å². The number of carbonyl (C=O) groups excluding carboxylic acids is 2. The van der Waals surface area contributed by atoms with Gasteiger partial charge in [-0.15, -0.1) is 0 Å². The average Bonchev–Trinajstić information content (AvgIpc) is 3.11. The van der Waals surface area contributed by atoms with Crippen LogP contribution in [0.25, 0.3) is 6.08 Å². The topological polar surface area (TPSA) is 77.8 Å². The van der Waals surface area contributed by atoms with Gasteiger partial charge in [0.15, 0.2) is 6.10 Å². The van der Waals surface area contributed by atoms with Gasteiger partial charge < -0.3 is 19.2 Å². The van der Waals surface area contributed by atoms with Crippen LogP contribution in [0.15, 0.2) is 53.2 Å². The number of furan rings is 1. The van der Waals surface area contributed by atoms with E-state index in [9.17, 15) is 9.59 Å². The number of ether oxygens (including phenoxy) is 2. The molecule has 1 atom stereocenters. The highest BCUT2D eigenvalue weighted by atomic mass is 16.5. The third-order valence-electron chi connectivity index (χ3n) is 3.18. The Morgan fingerprint density at radius 2 is 2.12 bits per heavy atom. The Labute approximate surface area is 140 Å². The lowest BCUT2D eigenvalue weighted by molar-refractivity contribution is -0.150. The minimum Gasteiger partial charge on any atom is -0.497 e. The van der Waals surface area contributed by atoms with Crippen molar-refractivity contribution in [2.45, 2.75) is 19.6 Å². The smallest absolute Gasteiger partial charge is 0.331 e. The minimum absolute atomic E-state index is 0.243. The zero-order chi connectivity index (χ0) is 17.4. The fourth-order valence-electron chi connectivity index (χ4n) is 1.91. The maximum atomic E-state index is 11.9. The second kappa shape index (κ2) is 8.57. The summed E-state index contributed by atoms with van der Waals surface area (Å²) in [5, 5.41) is 2.63. The van der Waals surface area contributed by atoms with E-state index >= 15 is 0 Å². The summed E-state index contributed by atoms with van der Waals surface area (Å²) in [6, 6.07) is 10.7. The Hall–Kier alpha value is -3.02. The molecule has 2 aromatic rings. The number of rotatable bonds is 7. The summed E-state index contributed by atoms with van der Waals surface area (Å²) >= 11 is 0. The van der Waals surface area contributed by atoms with Crippen molar-refractivity contribution in [2.75, 3.05) is 7.11 Å². The summed E-state index contributed by atoms with van der Waals surface area (Å²) in [6.45, 7) is 1.75. The molecule has 0 saturated carbocycles. The molecule has 0 saturated heterocycles. The summed E-state index contributed by atoms with van der Waals surface area (Å²) in [4.78, 5) is 23.6. The first kappa shape index (κ1) is 17.3. The van der Waals surface area contributed by atoms with Crippen LogP contribution >= 0.6 is 0 Å². The number of hydrogen-bond donors (Lipinski definition) is 1. The van der Waals surface area contributed by atoms with Crippen molar-refractivity contribution in [3.8, 4) is 5.75 Å². The summed E-state index contributed by atoms with van der Waals surface area (Å²) in [5.41, 5.74) is 0.793. The summed E-state index contributed by atoms with van der Waals surface area (Å²) < 4.78 is 15.3. The third kappa shape index (κ3) is 5.31. The average molecular weight is 329 g/mol. The van der Waals surface area contributed by atoms with Gasteiger partial charge in [-0.25, -0.2) is 4.79 Å². The lowest BCUT2D eigenvalue weighted by Gasteiger charge is -2.11. The van der Waals surface area contributed by atoms with E-state index in [4.69, 9.17) is 13.9 Å². The molecule has 0 aliphatic heterocycles. The quantitative estimate of drug-likeness (QED) is 0.624. The van der Waals surface area contributed by atoms with E-state index in [2.05, 4.69) is 5.32 Å². The summed E-state index contributed by atoms with van der Waals surface area (Å²) in [5.74, 6) is 0.323. The van der Waals surface area contributed by atoms with Gasteiger partial charge in [-0.05, 0) is 42.8 Å². The molecule has 0 aliphatic rings. The van der Waals surface area contributed by atoms with Crippen molar-refractivity contribution in [2.24, 2.45) is 0 Å². The zero-order valence-electron chi connectivity index (χ0n) is 13.5. The number of amides is 1. The molecule has 126 valence electrons. The maximum Gasteiger partial charge on any atom is 0.331 e. The molecular formula is C18H19NO5. The third-order valence-corrected chi connectivity index (χ3v) is 3.18. The molecule has 1 amide bonds. The van der Waals surface area contributed by atoms with Gasteiger partial charge in [0, 0.05) is 6.08 Å². The van der Waals surface area contributed by atoms with Crippen LogP contribution < -0.4 is 10.1 Å². The van der Waals surface area contributed by atoms with Gasteiger partial charge >= 0.3 is 5.97 Å². The highest BCUT2D eigenvalue weighted by Gasteiger charge is 2.16. The Bertz CT molecular complexity index is 706. The number of hydrogen-bond acceptors (Lipinski definition) is 5. The van der Waals surface area contributed by atoms with E-state index in [1.54, 1.807) is 37.5 Å². The predicted molar refractivity (Wildman–Crippen MR) is 88.1 cm³/mol. The maximum absolute atomic E-state index is 11.9. The molecule has 0 spiro atoms. The number of carbonyl (C=O) groups is 2. The monoisotopic (exact) mass is 329 g/mol. The molecule has 6 nitrogen and oxygen atoms in total. The Morgan fingerprint density at radius 1 is 1.29 bits per heavy atom. The van der Waals surface area contributed by atoms with Crippen LogP contribution in [-0.2, 0) is 20.9 Å². The molecule has 0 fully saturated rings. The number of methoxy groups -OCH3 is 1. The van der Waals surface area contributed by atoms with Crippen molar-refractivity contribution in [1.82, 2.24) is 5.32 Å². The van der Waals surface area contributed by atoms with Gasteiger partial charge in [-0.1, -0.05) is 12.1 Å². The van der Waals surface area contributed by atoms with Crippen molar-refractivity contribution in [1.29, 1.82) is 0 Å². The minimum atomic E-state index is -0.901. The van der Waals surface area contributed by atoms with Gasteiger partial charge in [0.2, 0.25) is 0 Å². The van der Waals surface area contributed by atoms with E-state index in [1.165, 1.54) is 19.3 Å². The van der Waals surface area contributed by atoms with Gasteiger partial charge in [0.05, 0.1) is 19.9 Å². The van der Waals surface area contributed by atoms with Crippen molar-refractivity contribution in [3.05, 3.63) is 60.1 Å². The van der Waals surface area contributed by atoms with Gasteiger partial charge in [0.25, 0.3) is 5.91 Å². The second-order valence-electron chi connectivity index (χ2n) is 4.99. The fraction of sp³-hybridized carbons (Fsp3) is 0.222. The fourth-order valence-corrected chi connectivity index (χ4v) is 1.91. The largest absolute Gasteiger partial charge is 0.497 e. The molecule has 0 unspecified atom stereocenters. The highest BCUT2D eigenvalue weighted by Crippen LogP contribution is 2.13. The van der Waals surface area contributed by atoms with Gasteiger partial charge in [-0.3, -0.25) is 4.79 Å². The van der Waals surface area contributed by atoms with Crippen LogP contribution in [0, 0.1) is 0 Å². The van der Waals surface area contributed by atoms with Crippen molar-refractivity contribution >= 4 is 18.0 Å². The van der Waals surface area contributed by atoms with Gasteiger partial charge in [-0.2, -0.15) is 0 Å². The summed E-state index contributed by atoms with van der Waals surface area (Å²) in [6.07, 6.45) is 3.49. The predicted octanol–water partition coefficient (Wildman–Crippen LogP) is 2.55. The Balaban J connectivity index is 1.81. The molecule has 0 radical (unpaired) electrons. The Morgan fingerprint density at radius 3 is 2.83 bits per heavy atom. The van der Waals surface area contributed by atoms with E-state index in [1.807, 2.05) is 12.1 Å². The molecule has 1 heterocycles. The number of nitrogens with one attached hydrogen (secondary N) is 1. The zero-order valence-corrected chi connectivity index (χ0v) is 13.5.